The van der Waals surface area contributed by atoms with Crippen LogP contribution in [0.4, 0.5) is 5.69 Å². The summed E-state index contributed by atoms with van der Waals surface area (Å²) in [5.74, 6) is 0.757. The van der Waals surface area contributed by atoms with Gasteiger partial charge in [0.2, 0.25) is 0 Å². The van der Waals surface area contributed by atoms with Crippen LogP contribution in [0.15, 0.2) is 24.3 Å². The molecule has 0 fully saturated rings. The number of rotatable bonds is 8. The number of anilines is 1. The highest BCUT2D eigenvalue weighted by Gasteiger charge is 2.05. The van der Waals surface area contributed by atoms with E-state index in [9.17, 15) is 0 Å². The molecule has 2 heteroatoms. The Morgan fingerprint density at radius 2 is 1.78 bits per heavy atom. The van der Waals surface area contributed by atoms with E-state index in [1.165, 1.54) is 17.7 Å². The predicted octanol–water partition coefficient (Wildman–Crippen LogP) is 3.99. The van der Waals surface area contributed by atoms with E-state index in [2.05, 4.69) is 62.2 Å². The number of para-hydroxylation sites is 1. The molecule has 0 aromatic heterocycles. The van der Waals surface area contributed by atoms with Crippen molar-refractivity contribution in [1.82, 2.24) is 4.90 Å². The molecule has 1 N–H and O–H groups in total. The molecule has 0 atom stereocenters. The van der Waals surface area contributed by atoms with Gasteiger partial charge in [-0.25, -0.2) is 0 Å². The summed E-state index contributed by atoms with van der Waals surface area (Å²) < 4.78 is 0. The van der Waals surface area contributed by atoms with Crippen LogP contribution < -0.4 is 5.32 Å². The molecule has 0 saturated heterocycles. The molecule has 0 aliphatic heterocycles. The molecule has 18 heavy (non-hydrogen) atoms. The summed E-state index contributed by atoms with van der Waals surface area (Å²) in [5.41, 5.74) is 2.70. The molecule has 0 saturated carbocycles. The second kappa shape index (κ2) is 8.15. The van der Waals surface area contributed by atoms with Crippen LogP contribution in [0.25, 0.3) is 0 Å². The average Bonchev–Trinajstić information content (AvgIpc) is 2.37. The van der Waals surface area contributed by atoms with Gasteiger partial charge in [0.15, 0.2) is 0 Å². The molecule has 1 aromatic carbocycles. The van der Waals surface area contributed by atoms with Crippen molar-refractivity contribution in [2.45, 2.75) is 40.7 Å². The fraction of sp³-hybridized carbons (Fsp3) is 0.625. The third kappa shape index (κ3) is 5.09. The van der Waals surface area contributed by atoms with E-state index in [4.69, 9.17) is 0 Å². The summed E-state index contributed by atoms with van der Waals surface area (Å²) in [6.07, 6.45) is 1.22. The van der Waals surface area contributed by atoms with Gasteiger partial charge >= 0.3 is 0 Å². The monoisotopic (exact) mass is 248 g/mol. The predicted molar refractivity (Wildman–Crippen MR) is 81.0 cm³/mol. The minimum atomic E-state index is 0.757. The van der Waals surface area contributed by atoms with E-state index in [0.717, 1.165) is 32.1 Å². The molecule has 1 aromatic rings. The Labute approximate surface area is 112 Å². The molecule has 2 nitrogen and oxygen atoms in total. The second-order valence-electron chi connectivity index (χ2n) is 5.23. The summed E-state index contributed by atoms with van der Waals surface area (Å²) in [7, 11) is 0. The van der Waals surface area contributed by atoms with E-state index < -0.39 is 0 Å². The van der Waals surface area contributed by atoms with Gasteiger partial charge in [0.25, 0.3) is 0 Å². The molecule has 102 valence electrons. The minimum absolute atomic E-state index is 0.757. The van der Waals surface area contributed by atoms with Gasteiger partial charge in [0.05, 0.1) is 0 Å². The second-order valence-corrected chi connectivity index (χ2v) is 5.23. The SMILES string of the molecule is CCN(CC)Cc1ccccc1NCCC(C)C. The van der Waals surface area contributed by atoms with Crippen LogP contribution in [-0.2, 0) is 6.54 Å². The first-order valence-corrected chi connectivity index (χ1v) is 7.21. The van der Waals surface area contributed by atoms with Crippen molar-refractivity contribution in [2.75, 3.05) is 25.0 Å². The Kier molecular flexibility index (Phi) is 6.81. The van der Waals surface area contributed by atoms with Crippen LogP contribution in [-0.4, -0.2) is 24.5 Å². The Bertz CT molecular complexity index is 330. The van der Waals surface area contributed by atoms with Gasteiger partial charge in [-0.15, -0.1) is 0 Å². The summed E-state index contributed by atoms with van der Waals surface area (Å²) in [5, 5.41) is 3.57. The lowest BCUT2D eigenvalue weighted by Gasteiger charge is -2.20. The molecule has 1 rings (SSSR count). The molecule has 0 spiro atoms. The molecule has 0 aliphatic carbocycles. The van der Waals surface area contributed by atoms with Crippen molar-refractivity contribution >= 4 is 5.69 Å². The smallest absolute Gasteiger partial charge is 0.0385 e. The van der Waals surface area contributed by atoms with Crippen LogP contribution in [0, 0.1) is 5.92 Å². The molecule has 0 radical (unpaired) electrons. The molecular formula is C16H28N2. The maximum Gasteiger partial charge on any atom is 0.0385 e. The van der Waals surface area contributed by atoms with Crippen molar-refractivity contribution in [3.63, 3.8) is 0 Å². The zero-order chi connectivity index (χ0) is 13.4. The summed E-state index contributed by atoms with van der Waals surface area (Å²) in [4.78, 5) is 2.45. The maximum atomic E-state index is 3.57. The van der Waals surface area contributed by atoms with Crippen LogP contribution >= 0.6 is 0 Å². The minimum Gasteiger partial charge on any atom is -0.385 e. The fourth-order valence-electron chi connectivity index (χ4n) is 2.01. The normalized spacial score (nSPS) is 11.2. The van der Waals surface area contributed by atoms with E-state index >= 15 is 0 Å². The van der Waals surface area contributed by atoms with E-state index in [0.29, 0.717) is 0 Å². The topological polar surface area (TPSA) is 15.3 Å². The molecule has 0 bridgehead atoms. The van der Waals surface area contributed by atoms with Gasteiger partial charge < -0.3 is 5.32 Å². The Balaban J connectivity index is 2.61. The van der Waals surface area contributed by atoms with Gasteiger partial charge in [0, 0.05) is 18.8 Å². The van der Waals surface area contributed by atoms with Crippen LogP contribution in [0.3, 0.4) is 0 Å². The molecule has 0 heterocycles. The average molecular weight is 248 g/mol. The van der Waals surface area contributed by atoms with Crippen molar-refractivity contribution in [1.29, 1.82) is 0 Å². The molecular weight excluding hydrogens is 220 g/mol. The zero-order valence-corrected chi connectivity index (χ0v) is 12.4. The van der Waals surface area contributed by atoms with Crippen molar-refractivity contribution in [3.8, 4) is 0 Å². The highest BCUT2D eigenvalue weighted by molar-refractivity contribution is 5.50. The number of hydrogen-bond acceptors (Lipinski definition) is 2. The Hall–Kier alpha value is -1.02. The fourth-order valence-corrected chi connectivity index (χ4v) is 2.01. The number of nitrogens with one attached hydrogen (secondary N) is 1. The van der Waals surface area contributed by atoms with Crippen molar-refractivity contribution in [2.24, 2.45) is 5.92 Å². The third-order valence-corrected chi connectivity index (χ3v) is 3.34. The highest BCUT2D eigenvalue weighted by Crippen LogP contribution is 2.17. The zero-order valence-electron chi connectivity index (χ0n) is 12.4. The van der Waals surface area contributed by atoms with Gasteiger partial charge in [-0.1, -0.05) is 45.9 Å². The first kappa shape index (κ1) is 15.0. The molecule has 0 amide bonds. The summed E-state index contributed by atoms with van der Waals surface area (Å²) in [6, 6.07) is 8.67. The number of hydrogen-bond donors (Lipinski definition) is 1. The van der Waals surface area contributed by atoms with Gasteiger partial charge in [-0.05, 0) is 37.1 Å². The van der Waals surface area contributed by atoms with Gasteiger partial charge in [-0.3, -0.25) is 4.90 Å². The largest absolute Gasteiger partial charge is 0.385 e. The molecule has 0 unspecified atom stereocenters. The first-order valence-electron chi connectivity index (χ1n) is 7.21. The standard InChI is InChI=1S/C16H28N2/c1-5-18(6-2)13-15-9-7-8-10-16(15)17-12-11-14(3)4/h7-10,14,17H,5-6,11-13H2,1-4H3. The van der Waals surface area contributed by atoms with E-state index in [-0.39, 0.29) is 0 Å². The van der Waals surface area contributed by atoms with Gasteiger partial charge in [-0.2, -0.15) is 0 Å². The first-order chi connectivity index (χ1) is 8.67. The third-order valence-electron chi connectivity index (χ3n) is 3.34. The van der Waals surface area contributed by atoms with Crippen LogP contribution in [0.5, 0.6) is 0 Å². The Morgan fingerprint density at radius 3 is 2.39 bits per heavy atom. The summed E-state index contributed by atoms with van der Waals surface area (Å²) in [6.45, 7) is 13.3. The lowest BCUT2D eigenvalue weighted by atomic mass is 10.1. The number of nitrogens with zero attached hydrogens (tertiary/aromatic N) is 1. The lowest BCUT2D eigenvalue weighted by molar-refractivity contribution is 0.296. The lowest BCUT2D eigenvalue weighted by Crippen LogP contribution is -2.22. The van der Waals surface area contributed by atoms with Gasteiger partial charge in [0.1, 0.15) is 0 Å². The van der Waals surface area contributed by atoms with Crippen LogP contribution in [0.1, 0.15) is 39.7 Å². The highest BCUT2D eigenvalue weighted by atomic mass is 15.1. The quantitative estimate of drug-likeness (QED) is 0.748. The maximum absolute atomic E-state index is 3.57. The Morgan fingerprint density at radius 1 is 1.11 bits per heavy atom. The van der Waals surface area contributed by atoms with E-state index in [1.807, 2.05) is 0 Å². The van der Waals surface area contributed by atoms with Crippen molar-refractivity contribution in [3.05, 3.63) is 29.8 Å². The van der Waals surface area contributed by atoms with Crippen LogP contribution in [0.2, 0.25) is 0 Å². The number of benzene rings is 1. The van der Waals surface area contributed by atoms with Crippen molar-refractivity contribution < 1.29 is 0 Å². The molecule has 0 aliphatic rings. The van der Waals surface area contributed by atoms with E-state index in [1.54, 1.807) is 0 Å². The summed E-state index contributed by atoms with van der Waals surface area (Å²) >= 11 is 0.